The molecule has 0 spiro atoms. The van der Waals surface area contributed by atoms with Gasteiger partial charge in [-0.3, -0.25) is 9.59 Å². The fourth-order valence-electron chi connectivity index (χ4n) is 4.30. The van der Waals surface area contributed by atoms with Gasteiger partial charge in [0.05, 0.1) is 26.3 Å². The summed E-state index contributed by atoms with van der Waals surface area (Å²) in [5.41, 5.74) is 3.77. The summed E-state index contributed by atoms with van der Waals surface area (Å²) in [7, 11) is 3.24. The van der Waals surface area contributed by atoms with E-state index in [0.717, 1.165) is 33.8 Å². The van der Waals surface area contributed by atoms with E-state index in [1.807, 2.05) is 109 Å². The summed E-state index contributed by atoms with van der Waals surface area (Å²) in [6.45, 7) is 0. The van der Waals surface area contributed by atoms with E-state index in [0.29, 0.717) is 0 Å². The highest BCUT2D eigenvalue weighted by atomic mass is 16.5. The minimum absolute atomic E-state index is 0.0649. The molecule has 0 aliphatic rings. The standard InChI is InChI=1S/C32H32N2O4/c1-37-27-17-13-25(14-18-27)31(23-9-5-3-6-10-23)33-29(35)21-22-30(36)34-32(24-11-7-4-8-12-24)26-15-19-28(38-2)20-16-26/h3-20,31-32H,21-22H2,1-2H3,(H,33,35)(H,34,36)/t31-,32-/m0/s1. The first kappa shape index (κ1) is 26.5. The third-order valence-electron chi connectivity index (χ3n) is 6.35. The molecule has 6 nitrogen and oxygen atoms in total. The highest BCUT2D eigenvalue weighted by Crippen LogP contribution is 2.26. The van der Waals surface area contributed by atoms with Gasteiger partial charge in [-0.05, 0) is 46.5 Å². The largest absolute Gasteiger partial charge is 0.497 e. The van der Waals surface area contributed by atoms with E-state index < -0.39 is 0 Å². The van der Waals surface area contributed by atoms with Crippen LogP contribution in [0.5, 0.6) is 11.5 Å². The number of carbonyl (C=O) groups excluding carboxylic acids is 2. The molecule has 2 N–H and O–H groups in total. The smallest absolute Gasteiger partial charge is 0.221 e. The number of benzene rings is 4. The molecule has 0 saturated carbocycles. The van der Waals surface area contributed by atoms with Crippen LogP contribution >= 0.6 is 0 Å². The third-order valence-corrected chi connectivity index (χ3v) is 6.35. The lowest BCUT2D eigenvalue weighted by Gasteiger charge is -2.21. The Kier molecular flexibility index (Phi) is 9.13. The highest BCUT2D eigenvalue weighted by Gasteiger charge is 2.20. The number of carbonyl (C=O) groups is 2. The van der Waals surface area contributed by atoms with Crippen LogP contribution in [0.15, 0.2) is 109 Å². The van der Waals surface area contributed by atoms with E-state index in [1.54, 1.807) is 14.2 Å². The Morgan fingerprint density at radius 1 is 0.526 bits per heavy atom. The molecule has 6 heteroatoms. The Labute approximate surface area is 223 Å². The van der Waals surface area contributed by atoms with Gasteiger partial charge in [0.2, 0.25) is 11.8 Å². The molecule has 4 aromatic carbocycles. The Morgan fingerprint density at radius 2 is 0.842 bits per heavy atom. The van der Waals surface area contributed by atoms with Gasteiger partial charge >= 0.3 is 0 Å². The van der Waals surface area contributed by atoms with Crippen molar-refractivity contribution in [1.29, 1.82) is 0 Å². The predicted octanol–water partition coefficient (Wildman–Crippen LogP) is 5.60. The minimum Gasteiger partial charge on any atom is -0.497 e. The fourth-order valence-corrected chi connectivity index (χ4v) is 4.30. The average Bonchev–Trinajstić information content (AvgIpc) is 2.98. The third kappa shape index (κ3) is 7.01. The minimum atomic E-state index is -0.339. The van der Waals surface area contributed by atoms with Crippen molar-refractivity contribution in [3.63, 3.8) is 0 Å². The van der Waals surface area contributed by atoms with Gasteiger partial charge in [-0.2, -0.15) is 0 Å². The summed E-state index contributed by atoms with van der Waals surface area (Å²) in [4.78, 5) is 26.0. The molecule has 0 bridgehead atoms. The number of ether oxygens (including phenoxy) is 2. The Hall–Kier alpha value is -4.58. The van der Waals surface area contributed by atoms with Crippen LogP contribution in [0.3, 0.4) is 0 Å². The van der Waals surface area contributed by atoms with Gasteiger partial charge in [-0.25, -0.2) is 0 Å². The molecule has 0 aliphatic carbocycles. The molecule has 194 valence electrons. The summed E-state index contributed by atoms with van der Waals surface area (Å²) in [5, 5.41) is 6.20. The zero-order valence-electron chi connectivity index (χ0n) is 21.6. The second-order valence-electron chi connectivity index (χ2n) is 8.87. The van der Waals surface area contributed by atoms with Crippen LogP contribution in [0.4, 0.5) is 0 Å². The van der Waals surface area contributed by atoms with E-state index in [4.69, 9.17) is 9.47 Å². The van der Waals surface area contributed by atoms with Crippen LogP contribution in [0.25, 0.3) is 0 Å². The molecular weight excluding hydrogens is 476 g/mol. The first-order valence-corrected chi connectivity index (χ1v) is 12.5. The van der Waals surface area contributed by atoms with Crippen LogP contribution in [-0.4, -0.2) is 26.0 Å². The van der Waals surface area contributed by atoms with Crippen molar-refractivity contribution >= 4 is 11.8 Å². The van der Waals surface area contributed by atoms with Crippen molar-refractivity contribution < 1.29 is 19.1 Å². The number of hydrogen-bond acceptors (Lipinski definition) is 4. The maximum Gasteiger partial charge on any atom is 0.221 e. The molecule has 0 aliphatic heterocycles. The maximum atomic E-state index is 13.0. The van der Waals surface area contributed by atoms with Crippen LogP contribution in [0.1, 0.15) is 47.2 Å². The number of methoxy groups -OCH3 is 2. The highest BCUT2D eigenvalue weighted by molar-refractivity contribution is 5.84. The van der Waals surface area contributed by atoms with E-state index in [9.17, 15) is 9.59 Å². The normalized spacial score (nSPS) is 12.2. The van der Waals surface area contributed by atoms with Crippen LogP contribution in [0, 0.1) is 0 Å². The van der Waals surface area contributed by atoms with Crippen molar-refractivity contribution in [2.45, 2.75) is 24.9 Å². The summed E-state index contributed by atoms with van der Waals surface area (Å²) >= 11 is 0. The average molecular weight is 509 g/mol. The molecule has 0 saturated heterocycles. The zero-order chi connectivity index (χ0) is 26.7. The number of rotatable bonds is 11. The van der Waals surface area contributed by atoms with Crippen molar-refractivity contribution in [1.82, 2.24) is 10.6 Å². The molecule has 0 aromatic heterocycles. The summed E-state index contributed by atoms with van der Waals surface area (Å²) in [6.07, 6.45) is 0.130. The predicted molar refractivity (Wildman–Crippen MR) is 148 cm³/mol. The van der Waals surface area contributed by atoms with Crippen LogP contribution in [-0.2, 0) is 9.59 Å². The summed E-state index contributed by atoms with van der Waals surface area (Å²) in [5.74, 6) is 1.08. The number of amides is 2. The molecule has 0 unspecified atom stereocenters. The second-order valence-corrected chi connectivity index (χ2v) is 8.87. The molecule has 0 heterocycles. The van der Waals surface area contributed by atoms with Gasteiger partial charge in [0.25, 0.3) is 0 Å². The van der Waals surface area contributed by atoms with Crippen molar-refractivity contribution in [3.05, 3.63) is 131 Å². The van der Waals surface area contributed by atoms with Crippen LogP contribution < -0.4 is 20.1 Å². The van der Waals surface area contributed by atoms with Crippen molar-refractivity contribution in [2.75, 3.05) is 14.2 Å². The topological polar surface area (TPSA) is 76.7 Å². The first-order valence-electron chi connectivity index (χ1n) is 12.5. The molecule has 38 heavy (non-hydrogen) atoms. The Balaban J connectivity index is 1.43. The second kappa shape index (κ2) is 13.1. The molecular formula is C32H32N2O4. The van der Waals surface area contributed by atoms with E-state index in [1.165, 1.54) is 0 Å². The van der Waals surface area contributed by atoms with E-state index in [2.05, 4.69) is 10.6 Å². The summed E-state index contributed by atoms with van der Waals surface area (Å²) in [6, 6.07) is 34.1. The SMILES string of the molecule is COc1ccc([C@@H](NC(=O)CCC(=O)N[C@@H](c2ccccc2)c2ccc(OC)cc2)c2ccccc2)cc1. The van der Waals surface area contributed by atoms with Crippen molar-refractivity contribution in [2.24, 2.45) is 0 Å². The molecule has 0 radical (unpaired) electrons. The van der Waals surface area contributed by atoms with E-state index in [-0.39, 0.29) is 36.7 Å². The lowest BCUT2D eigenvalue weighted by Crippen LogP contribution is -2.32. The summed E-state index contributed by atoms with van der Waals surface area (Å²) < 4.78 is 10.5. The lowest BCUT2D eigenvalue weighted by molar-refractivity contribution is -0.127. The molecule has 2 amide bonds. The van der Waals surface area contributed by atoms with Gasteiger partial charge in [0, 0.05) is 12.8 Å². The molecule has 4 aromatic rings. The lowest BCUT2D eigenvalue weighted by atomic mass is 9.98. The van der Waals surface area contributed by atoms with Crippen LogP contribution in [0.2, 0.25) is 0 Å². The molecule has 2 atom stereocenters. The number of nitrogens with one attached hydrogen (secondary N) is 2. The van der Waals surface area contributed by atoms with Gasteiger partial charge in [-0.15, -0.1) is 0 Å². The van der Waals surface area contributed by atoms with Gasteiger partial charge in [0.1, 0.15) is 11.5 Å². The van der Waals surface area contributed by atoms with Gasteiger partial charge < -0.3 is 20.1 Å². The quantitative estimate of drug-likeness (QED) is 0.277. The molecule has 0 fully saturated rings. The fraction of sp³-hybridized carbons (Fsp3) is 0.188. The van der Waals surface area contributed by atoms with Crippen molar-refractivity contribution in [3.8, 4) is 11.5 Å². The first-order chi connectivity index (χ1) is 18.6. The van der Waals surface area contributed by atoms with Gasteiger partial charge in [0.15, 0.2) is 0 Å². The van der Waals surface area contributed by atoms with Gasteiger partial charge in [-0.1, -0.05) is 84.9 Å². The van der Waals surface area contributed by atoms with E-state index >= 15 is 0 Å². The number of hydrogen-bond donors (Lipinski definition) is 2. The zero-order valence-corrected chi connectivity index (χ0v) is 21.6. The Bertz CT molecular complexity index is 1200. The Morgan fingerprint density at radius 3 is 1.16 bits per heavy atom. The molecule has 4 rings (SSSR count). The maximum absolute atomic E-state index is 13.0. The monoisotopic (exact) mass is 508 g/mol.